The molecule has 3 atom stereocenters. The van der Waals surface area contributed by atoms with Crippen LogP contribution in [0.2, 0.25) is 5.02 Å². The zero-order chi connectivity index (χ0) is 15.8. The summed E-state index contributed by atoms with van der Waals surface area (Å²) in [5, 5.41) is 3.81. The molecule has 1 fully saturated rings. The Kier molecular flexibility index (Phi) is 4.60. The van der Waals surface area contributed by atoms with Gasteiger partial charge in [-0.05, 0) is 31.5 Å². The van der Waals surface area contributed by atoms with Crippen LogP contribution in [0.15, 0.2) is 24.3 Å². The molecule has 1 amide bonds. The van der Waals surface area contributed by atoms with Gasteiger partial charge in [0.05, 0.1) is 11.8 Å². The van der Waals surface area contributed by atoms with Crippen LogP contribution in [0.25, 0.3) is 0 Å². The van der Waals surface area contributed by atoms with Crippen LogP contribution in [0.1, 0.15) is 25.6 Å². The number of carbonyl (C=O) groups is 1. The molecule has 1 aromatic rings. The van der Waals surface area contributed by atoms with Crippen LogP contribution in [-0.2, 0) is 14.6 Å². The van der Waals surface area contributed by atoms with Crippen molar-refractivity contribution in [3.05, 3.63) is 34.9 Å². The largest absolute Gasteiger partial charge is 0.318 e. The van der Waals surface area contributed by atoms with Crippen LogP contribution < -0.4 is 5.32 Å². The first-order valence-corrected chi connectivity index (χ1v) is 9.14. The molecule has 1 N–H and O–H groups in total. The van der Waals surface area contributed by atoms with E-state index in [-0.39, 0.29) is 23.9 Å². The molecule has 1 aliphatic rings. The molecule has 5 nitrogen and oxygen atoms in total. The van der Waals surface area contributed by atoms with E-state index in [2.05, 4.69) is 5.32 Å². The average Bonchev–Trinajstić information content (AvgIpc) is 2.64. The third-order valence-corrected chi connectivity index (χ3v) is 4.86. The average molecular weight is 331 g/mol. The highest BCUT2D eigenvalue weighted by Crippen LogP contribution is 2.28. The van der Waals surface area contributed by atoms with Crippen molar-refractivity contribution < 1.29 is 13.2 Å². The van der Waals surface area contributed by atoms with Gasteiger partial charge in [-0.3, -0.25) is 10.1 Å². The molecular weight excluding hydrogens is 312 g/mol. The molecule has 0 aromatic heterocycles. The highest BCUT2D eigenvalue weighted by atomic mass is 35.5. The van der Waals surface area contributed by atoms with Gasteiger partial charge in [0.2, 0.25) is 5.91 Å². The van der Waals surface area contributed by atoms with Crippen molar-refractivity contribution in [2.75, 3.05) is 12.0 Å². The second kappa shape index (κ2) is 5.94. The number of nitrogens with one attached hydrogen (secondary N) is 1. The maximum atomic E-state index is 12.3. The lowest BCUT2D eigenvalue weighted by atomic mass is 10.1. The van der Waals surface area contributed by atoms with Crippen LogP contribution >= 0.6 is 11.6 Å². The molecule has 7 heteroatoms. The lowest BCUT2D eigenvalue weighted by Gasteiger charge is -2.30. The number of benzene rings is 1. The molecule has 1 aromatic carbocycles. The monoisotopic (exact) mass is 330 g/mol. The number of carbonyl (C=O) groups excluding carboxylic acids is 1. The molecule has 1 aliphatic heterocycles. The molecule has 0 radical (unpaired) electrons. The Hall–Kier alpha value is -1.11. The fourth-order valence-corrected chi connectivity index (χ4v) is 3.79. The zero-order valence-corrected chi connectivity index (χ0v) is 13.8. The van der Waals surface area contributed by atoms with E-state index in [4.69, 9.17) is 11.6 Å². The molecular formula is C14H19ClN2O3S. The van der Waals surface area contributed by atoms with Crippen molar-refractivity contribution in [3.8, 4) is 0 Å². The van der Waals surface area contributed by atoms with Crippen LogP contribution in [0.4, 0.5) is 0 Å². The molecule has 21 heavy (non-hydrogen) atoms. The van der Waals surface area contributed by atoms with Crippen LogP contribution in [-0.4, -0.2) is 43.3 Å². The summed E-state index contributed by atoms with van der Waals surface area (Å²) in [6.45, 7) is 3.53. The lowest BCUT2D eigenvalue weighted by molar-refractivity contribution is -0.131. The van der Waals surface area contributed by atoms with Gasteiger partial charge in [-0.2, -0.15) is 0 Å². The lowest BCUT2D eigenvalue weighted by Crippen LogP contribution is -2.42. The third-order valence-electron chi connectivity index (χ3n) is 3.52. The molecule has 1 saturated heterocycles. The van der Waals surface area contributed by atoms with E-state index in [1.807, 2.05) is 12.1 Å². The second-order valence-corrected chi connectivity index (χ2v) is 8.15. The fraction of sp³-hybridized carbons (Fsp3) is 0.500. The minimum atomic E-state index is -3.16. The number of halogens is 1. The van der Waals surface area contributed by atoms with Gasteiger partial charge in [-0.1, -0.05) is 23.7 Å². The Balaban J connectivity index is 2.30. The number of hydrogen-bond donors (Lipinski definition) is 1. The van der Waals surface area contributed by atoms with E-state index in [1.54, 1.807) is 30.9 Å². The minimum Gasteiger partial charge on any atom is -0.318 e. The maximum absolute atomic E-state index is 12.3. The van der Waals surface area contributed by atoms with E-state index in [0.717, 1.165) is 5.56 Å². The summed E-state index contributed by atoms with van der Waals surface area (Å²) in [7, 11) is -3.16. The summed E-state index contributed by atoms with van der Waals surface area (Å²) in [4.78, 5) is 13.9. The standard InChI is InChI=1S/C14H19ClN2O3S/c1-9(8-21(3,19)20)17-13(16-10(2)14(17)18)11-4-6-12(15)7-5-11/h4-7,9-10,13,16H,8H2,1-3H3. The number of hydrogen-bond acceptors (Lipinski definition) is 4. The SMILES string of the molecule is CC1NC(c2ccc(Cl)cc2)N(C(C)CS(C)(=O)=O)C1=O. The summed E-state index contributed by atoms with van der Waals surface area (Å²) < 4.78 is 23.0. The number of amides is 1. The van der Waals surface area contributed by atoms with Crippen molar-refractivity contribution in [1.29, 1.82) is 0 Å². The summed E-state index contributed by atoms with van der Waals surface area (Å²) in [5.74, 6) is -0.150. The van der Waals surface area contributed by atoms with E-state index in [0.29, 0.717) is 5.02 Å². The summed E-state index contributed by atoms with van der Waals surface area (Å²) in [6, 6.07) is 6.45. The number of rotatable bonds is 4. The zero-order valence-electron chi connectivity index (χ0n) is 12.2. The van der Waals surface area contributed by atoms with Crippen LogP contribution in [0.3, 0.4) is 0 Å². The first-order chi connectivity index (χ1) is 9.69. The van der Waals surface area contributed by atoms with Gasteiger partial charge in [0.25, 0.3) is 0 Å². The van der Waals surface area contributed by atoms with Crippen LogP contribution in [0.5, 0.6) is 0 Å². The molecule has 116 valence electrons. The summed E-state index contributed by atoms with van der Waals surface area (Å²) in [6.07, 6.45) is 0.847. The third kappa shape index (κ3) is 3.75. The van der Waals surface area contributed by atoms with E-state index in [1.165, 1.54) is 6.26 Å². The van der Waals surface area contributed by atoms with Gasteiger partial charge in [-0.25, -0.2) is 8.42 Å². The highest BCUT2D eigenvalue weighted by molar-refractivity contribution is 7.90. The van der Waals surface area contributed by atoms with E-state index < -0.39 is 15.9 Å². The first kappa shape index (κ1) is 16.3. The molecule has 3 unspecified atom stereocenters. The van der Waals surface area contributed by atoms with Gasteiger partial charge in [-0.15, -0.1) is 0 Å². The predicted octanol–water partition coefficient (Wildman–Crippen LogP) is 1.59. The van der Waals surface area contributed by atoms with Crippen molar-refractivity contribution in [1.82, 2.24) is 10.2 Å². The molecule has 0 saturated carbocycles. The van der Waals surface area contributed by atoms with Gasteiger partial charge >= 0.3 is 0 Å². The maximum Gasteiger partial charge on any atom is 0.241 e. The predicted molar refractivity (Wildman–Crippen MR) is 82.8 cm³/mol. The molecule has 0 bridgehead atoms. The Morgan fingerprint density at radius 2 is 1.90 bits per heavy atom. The van der Waals surface area contributed by atoms with Gasteiger partial charge in [0.15, 0.2) is 0 Å². The van der Waals surface area contributed by atoms with Crippen molar-refractivity contribution in [3.63, 3.8) is 0 Å². The first-order valence-electron chi connectivity index (χ1n) is 6.70. The van der Waals surface area contributed by atoms with Crippen molar-refractivity contribution in [2.45, 2.75) is 32.1 Å². The Labute approximate surface area is 130 Å². The molecule has 0 aliphatic carbocycles. The van der Waals surface area contributed by atoms with Crippen LogP contribution in [0, 0.1) is 0 Å². The van der Waals surface area contributed by atoms with Crippen molar-refractivity contribution in [2.24, 2.45) is 0 Å². The molecule has 1 heterocycles. The topological polar surface area (TPSA) is 66.5 Å². The Morgan fingerprint density at radius 1 is 1.33 bits per heavy atom. The van der Waals surface area contributed by atoms with E-state index >= 15 is 0 Å². The number of nitrogens with zero attached hydrogens (tertiary/aromatic N) is 1. The number of sulfone groups is 1. The summed E-state index contributed by atoms with van der Waals surface area (Å²) >= 11 is 5.88. The fourth-order valence-electron chi connectivity index (χ4n) is 2.63. The quantitative estimate of drug-likeness (QED) is 0.910. The Morgan fingerprint density at radius 3 is 2.43 bits per heavy atom. The van der Waals surface area contributed by atoms with Gasteiger partial charge in [0, 0.05) is 17.3 Å². The normalized spacial score (nSPS) is 24.4. The summed E-state index contributed by atoms with van der Waals surface area (Å²) in [5.41, 5.74) is 0.887. The van der Waals surface area contributed by atoms with Crippen molar-refractivity contribution >= 4 is 27.3 Å². The second-order valence-electron chi connectivity index (χ2n) is 5.53. The Bertz CT molecular complexity index is 630. The smallest absolute Gasteiger partial charge is 0.241 e. The highest BCUT2D eigenvalue weighted by Gasteiger charge is 2.40. The van der Waals surface area contributed by atoms with E-state index in [9.17, 15) is 13.2 Å². The minimum absolute atomic E-state index is 0.0583. The van der Waals surface area contributed by atoms with Gasteiger partial charge < -0.3 is 4.90 Å². The molecule has 0 spiro atoms. The van der Waals surface area contributed by atoms with Gasteiger partial charge in [0.1, 0.15) is 16.0 Å². The molecule has 2 rings (SSSR count).